The second-order valence-electron chi connectivity index (χ2n) is 7.17. The summed E-state index contributed by atoms with van der Waals surface area (Å²) in [6.07, 6.45) is 5.13. The van der Waals surface area contributed by atoms with Gasteiger partial charge in [-0.2, -0.15) is 0 Å². The third-order valence-electron chi connectivity index (χ3n) is 5.08. The molecule has 4 saturated carbocycles. The molecule has 0 saturated heterocycles. The molecule has 0 radical (unpaired) electrons. The first-order valence-electron chi connectivity index (χ1n) is 6.99. The molecule has 2 atom stereocenters. The molecule has 102 valence electrons. The Morgan fingerprint density at radius 1 is 1.28 bits per heavy atom. The van der Waals surface area contributed by atoms with Crippen LogP contribution in [0.2, 0.25) is 0 Å². The summed E-state index contributed by atoms with van der Waals surface area (Å²) in [4.78, 5) is 12.1. The summed E-state index contributed by atoms with van der Waals surface area (Å²) in [5, 5.41) is 13.7. The van der Waals surface area contributed by atoms with Gasteiger partial charge in [-0.1, -0.05) is 15.9 Å². The maximum absolute atomic E-state index is 12.1. The molecule has 0 aromatic heterocycles. The third kappa shape index (κ3) is 2.11. The largest absolute Gasteiger partial charge is 0.390 e. The lowest BCUT2D eigenvalue weighted by Gasteiger charge is -2.58. The van der Waals surface area contributed by atoms with Crippen molar-refractivity contribution >= 4 is 21.8 Å². The monoisotopic (exact) mass is 315 g/mol. The van der Waals surface area contributed by atoms with Crippen LogP contribution in [0, 0.1) is 17.8 Å². The molecule has 4 aliphatic carbocycles. The molecular formula is C14H22BrNO2. The predicted molar refractivity (Wildman–Crippen MR) is 73.4 cm³/mol. The summed E-state index contributed by atoms with van der Waals surface area (Å²) >= 11 is 3.42. The van der Waals surface area contributed by atoms with E-state index in [-0.39, 0.29) is 11.9 Å². The van der Waals surface area contributed by atoms with Crippen molar-refractivity contribution in [3.05, 3.63) is 0 Å². The molecule has 1 amide bonds. The maximum atomic E-state index is 12.1. The van der Waals surface area contributed by atoms with Gasteiger partial charge in [0.05, 0.1) is 9.93 Å². The van der Waals surface area contributed by atoms with Gasteiger partial charge in [-0.05, 0) is 63.7 Å². The maximum Gasteiger partial charge on any atom is 0.236 e. The van der Waals surface area contributed by atoms with Crippen LogP contribution in [-0.2, 0) is 4.79 Å². The summed E-state index contributed by atoms with van der Waals surface area (Å²) in [7, 11) is 0. The first kappa shape index (κ1) is 12.9. The quantitative estimate of drug-likeness (QED) is 0.768. The molecule has 0 spiro atoms. The zero-order chi connectivity index (χ0) is 13.1. The molecule has 4 rings (SSSR count). The zero-order valence-corrected chi connectivity index (χ0v) is 12.7. The molecule has 3 nitrogen and oxygen atoms in total. The molecule has 4 heteroatoms. The fourth-order valence-corrected chi connectivity index (χ4v) is 4.65. The van der Waals surface area contributed by atoms with E-state index in [0.29, 0.717) is 17.8 Å². The van der Waals surface area contributed by atoms with E-state index in [4.69, 9.17) is 0 Å². The molecule has 0 aliphatic heterocycles. The van der Waals surface area contributed by atoms with Gasteiger partial charge in [0.25, 0.3) is 0 Å². The van der Waals surface area contributed by atoms with Crippen molar-refractivity contribution in [2.45, 2.75) is 61.9 Å². The number of hydrogen-bond donors (Lipinski definition) is 2. The minimum atomic E-state index is -0.501. The van der Waals surface area contributed by atoms with Crippen LogP contribution in [0.5, 0.6) is 0 Å². The Labute approximate surface area is 117 Å². The highest BCUT2D eigenvalue weighted by atomic mass is 79.9. The topological polar surface area (TPSA) is 49.3 Å². The number of halogens is 1. The van der Waals surface area contributed by atoms with Gasteiger partial charge in [0.15, 0.2) is 0 Å². The lowest BCUT2D eigenvalue weighted by molar-refractivity contribution is -0.147. The SMILES string of the molecule is CC(C)(Br)C(=O)NC1C2CC3CC1CC(O)(C3)C2. The van der Waals surface area contributed by atoms with E-state index in [2.05, 4.69) is 21.2 Å². The smallest absolute Gasteiger partial charge is 0.236 e. The molecule has 4 fully saturated rings. The minimum absolute atomic E-state index is 0.0759. The van der Waals surface area contributed by atoms with E-state index in [1.54, 1.807) is 0 Å². The number of alkyl halides is 1. The van der Waals surface area contributed by atoms with Crippen molar-refractivity contribution in [1.29, 1.82) is 0 Å². The molecule has 0 aromatic rings. The highest BCUT2D eigenvalue weighted by Gasteiger charge is 2.55. The van der Waals surface area contributed by atoms with Crippen LogP contribution < -0.4 is 5.32 Å². The zero-order valence-electron chi connectivity index (χ0n) is 11.1. The van der Waals surface area contributed by atoms with Crippen molar-refractivity contribution in [3.8, 4) is 0 Å². The van der Waals surface area contributed by atoms with Crippen LogP contribution >= 0.6 is 15.9 Å². The molecule has 0 aromatic carbocycles. The number of rotatable bonds is 2. The van der Waals surface area contributed by atoms with Crippen LogP contribution in [0.25, 0.3) is 0 Å². The van der Waals surface area contributed by atoms with Crippen LogP contribution in [0.15, 0.2) is 0 Å². The van der Waals surface area contributed by atoms with Gasteiger partial charge in [-0.3, -0.25) is 4.79 Å². The Morgan fingerprint density at radius 2 is 1.83 bits per heavy atom. The Hall–Kier alpha value is -0.0900. The fourth-order valence-electron chi connectivity index (χ4n) is 4.54. The molecule has 2 N–H and O–H groups in total. The van der Waals surface area contributed by atoms with Gasteiger partial charge in [-0.15, -0.1) is 0 Å². The fraction of sp³-hybridized carbons (Fsp3) is 0.929. The lowest BCUT2D eigenvalue weighted by atomic mass is 9.52. The summed E-state index contributed by atoms with van der Waals surface area (Å²) in [5.74, 6) is 1.74. The number of carbonyl (C=O) groups is 1. The van der Waals surface area contributed by atoms with E-state index in [0.717, 1.165) is 19.3 Å². The van der Waals surface area contributed by atoms with E-state index in [1.165, 1.54) is 12.8 Å². The molecule has 4 bridgehead atoms. The molecule has 18 heavy (non-hydrogen) atoms. The Balaban J connectivity index is 1.74. The lowest BCUT2D eigenvalue weighted by Crippen LogP contribution is -2.62. The average molecular weight is 316 g/mol. The third-order valence-corrected chi connectivity index (χ3v) is 5.44. The van der Waals surface area contributed by atoms with Gasteiger partial charge >= 0.3 is 0 Å². The van der Waals surface area contributed by atoms with E-state index in [1.807, 2.05) is 13.8 Å². The van der Waals surface area contributed by atoms with Gasteiger partial charge in [0, 0.05) is 6.04 Å². The van der Waals surface area contributed by atoms with E-state index < -0.39 is 9.93 Å². The van der Waals surface area contributed by atoms with Crippen molar-refractivity contribution in [3.63, 3.8) is 0 Å². The van der Waals surface area contributed by atoms with Crippen molar-refractivity contribution < 1.29 is 9.90 Å². The summed E-state index contributed by atoms with van der Waals surface area (Å²) < 4.78 is -0.501. The minimum Gasteiger partial charge on any atom is -0.390 e. The molecule has 2 unspecified atom stereocenters. The van der Waals surface area contributed by atoms with Crippen LogP contribution in [-0.4, -0.2) is 27.0 Å². The number of hydrogen-bond acceptors (Lipinski definition) is 2. The van der Waals surface area contributed by atoms with Crippen LogP contribution in [0.3, 0.4) is 0 Å². The molecule has 4 aliphatic rings. The van der Waals surface area contributed by atoms with Crippen molar-refractivity contribution in [2.75, 3.05) is 0 Å². The molecule has 0 heterocycles. The van der Waals surface area contributed by atoms with Gasteiger partial charge in [0.2, 0.25) is 5.91 Å². The second-order valence-corrected chi connectivity index (χ2v) is 9.15. The predicted octanol–water partition coefficient (Wildman–Crippen LogP) is 2.22. The number of amides is 1. The summed E-state index contributed by atoms with van der Waals surface area (Å²) in [5.41, 5.74) is -0.415. The normalized spacial score (nSPS) is 46.2. The standard InChI is InChI=1S/C14H22BrNO2/c1-13(2,15)12(17)16-11-9-3-8-4-10(11)7-14(18,5-8)6-9/h8-11,18H,3-7H2,1-2H3,(H,16,17). The Bertz CT molecular complexity index is 360. The van der Waals surface area contributed by atoms with Crippen LogP contribution in [0.4, 0.5) is 0 Å². The van der Waals surface area contributed by atoms with Gasteiger partial charge < -0.3 is 10.4 Å². The van der Waals surface area contributed by atoms with Crippen LogP contribution in [0.1, 0.15) is 46.0 Å². The first-order chi connectivity index (χ1) is 8.27. The van der Waals surface area contributed by atoms with Crippen molar-refractivity contribution in [1.82, 2.24) is 5.32 Å². The van der Waals surface area contributed by atoms with E-state index in [9.17, 15) is 9.90 Å². The highest BCUT2D eigenvalue weighted by molar-refractivity contribution is 9.10. The average Bonchev–Trinajstić information content (AvgIpc) is 2.19. The Kier molecular flexibility index (Phi) is 2.84. The number of carbonyl (C=O) groups excluding carboxylic acids is 1. The summed E-state index contributed by atoms with van der Waals surface area (Å²) in [6, 6.07) is 0.283. The number of nitrogens with one attached hydrogen (secondary N) is 1. The molecular weight excluding hydrogens is 294 g/mol. The summed E-state index contributed by atoms with van der Waals surface area (Å²) in [6.45, 7) is 3.76. The van der Waals surface area contributed by atoms with Gasteiger partial charge in [0.1, 0.15) is 0 Å². The second kappa shape index (κ2) is 3.95. The number of aliphatic hydroxyl groups is 1. The van der Waals surface area contributed by atoms with Gasteiger partial charge in [-0.25, -0.2) is 0 Å². The van der Waals surface area contributed by atoms with Crippen molar-refractivity contribution in [2.24, 2.45) is 17.8 Å². The Morgan fingerprint density at radius 3 is 2.28 bits per heavy atom. The first-order valence-corrected chi connectivity index (χ1v) is 7.78. The highest BCUT2D eigenvalue weighted by Crippen LogP contribution is 2.55. The van der Waals surface area contributed by atoms with E-state index >= 15 is 0 Å².